The number of halogens is 2. The first kappa shape index (κ1) is 9.90. The second-order valence-corrected chi connectivity index (χ2v) is 3.98. The number of rotatable bonds is 3. The van der Waals surface area contributed by atoms with Crippen molar-refractivity contribution in [2.75, 3.05) is 7.11 Å². The van der Waals surface area contributed by atoms with Gasteiger partial charge in [-0.2, -0.15) is 0 Å². The topological polar surface area (TPSA) is 9.23 Å². The minimum atomic E-state index is -2.34. The second kappa shape index (κ2) is 3.29. The lowest BCUT2D eigenvalue weighted by Gasteiger charge is -2.47. The molecule has 1 aliphatic rings. The Labute approximate surface area is 72.1 Å². The van der Waals surface area contributed by atoms with Crippen LogP contribution in [0.5, 0.6) is 0 Å². The number of ether oxygens (including phenoxy) is 1. The highest BCUT2D eigenvalue weighted by Crippen LogP contribution is 2.47. The van der Waals surface area contributed by atoms with Gasteiger partial charge in [-0.1, -0.05) is 13.8 Å². The minimum Gasteiger partial charge on any atom is -0.372 e. The van der Waals surface area contributed by atoms with Crippen molar-refractivity contribution in [1.82, 2.24) is 0 Å². The number of hydrogen-bond acceptors (Lipinski definition) is 1. The Morgan fingerprint density at radius 3 is 2.08 bits per heavy atom. The Bertz CT molecular complexity index is 151. The largest absolute Gasteiger partial charge is 0.372 e. The van der Waals surface area contributed by atoms with E-state index in [1.165, 1.54) is 7.11 Å². The van der Waals surface area contributed by atoms with E-state index >= 15 is 0 Å². The Balaban J connectivity index is 2.46. The van der Waals surface area contributed by atoms with Gasteiger partial charge in [-0.15, -0.1) is 0 Å². The molecule has 72 valence electrons. The SMILES string of the molecule is COC1(C(F)F)CC(C(C)C)C1. The Morgan fingerprint density at radius 2 is 1.83 bits per heavy atom. The van der Waals surface area contributed by atoms with E-state index in [1.54, 1.807) is 0 Å². The molecule has 12 heavy (non-hydrogen) atoms. The van der Waals surface area contributed by atoms with Gasteiger partial charge in [0, 0.05) is 7.11 Å². The van der Waals surface area contributed by atoms with Gasteiger partial charge >= 0.3 is 0 Å². The summed E-state index contributed by atoms with van der Waals surface area (Å²) < 4.78 is 29.8. The maximum Gasteiger partial charge on any atom is 0.267 e. The summed E-state index contributed by atoms with van der Waals surface area (Å²) in [6.45, 7) is 4.13. The smallest absolute Gasteiger partial charge is 0.267 e. The van der Waals surface area contributed by atoms with E-state index in [0.29, 0.717) is 24.7 Å². The monoisotopic (exact) mass is 178 g/mol. The van der Waals surface area contributed by atoms with Crippen molar-refractivity contribution in [3.63, 3.8) is 0 Å². The van der Waals surface area contributed by atoms with Crippen molar-refractivity contribution in [3.8, 4) is 0 Å². The van der Waals surface area contributed by atoms with Crippen LogP contribution >= 0.6 is 0 Å². The van der Waals surface area contributed by atoms with E-state index < -0.39 is 12.0 Å². The van der Waals surface area contributed by atoms with Crippen molar-refractivity contribution in [1.29, 1.82) is 0 Å². The van der Waals surface area contributed by atoms with E-state index in [0.717, 1.165) is 0 Å². The van der Waals surface area contributed by atoms with Gasteiger partial charge in [0.2, 0.25) is 0 Å². The normalized spacial score (nSPS) is 35.8. The molecule has 0 bridgehead atoms. The van der Waals surface area contributed by atoms with Gasteiger partial charge in [-0.3, -0.25) is 0 Å². The van der Waals surface area contributed by atoms with E-state index in [1.807, 2.05) is 0 Å². The molecule has 3 heteroatoms. The molecule has 0 spiro atoms. The molecule has 0 radical (unpaired) electrons. The lowest BCUT2D eigenvalue weighted by Crippen LogP contribution is -2.52. The predicted octanol–water partition coefficient (Wildman–Crippen LogP) is 2.70. The van der Waals surface area contributed by atoms with Gasteiger partial charge in [0.25, 0.3) is 6.43 Å². The zero-order valence-electron chi connectivity index (χ0n) is 7.81. The number of alkyl halides is 2. The van der Waals surface area contributed by atoms with Crippen LogP contribution in [0.3, 0.4) is 0 Å². The standard InChI is InChI=1S/C9H16F2O/c1-6(2)7-4-9(5-7,12-3)8(10)11/h6-8H,4-5H2,1-3H3. The first-order valence-corrected chi connectivity index (χ1v) is 4.35. The summed E-state index contributed by atoms with van der Waals surface area (Å²) in [6, 6.07) is 0. The van der Waals surface area contributed by atoms with Crippen molar-refractivity contribution in [2.24, 2.45) is 11.8 Å². The van der Waals surface area contributed by atoms with Gasteiger partial charge < -0.3 is 4.74 Å². The van der Waals surface area contributed by atoms with Gasteiger partial charge in [0.1, 0.15) is 5.60 Å². The quantitative estimate of drug-likeness (QED) is 0.645. The van der Waals surface area contributed by atoms with Crippen molar-refractivity contribution < 1.29 is 13.5 Å². The van der Waals surface area contributed by atoms with E-state index in [4.69, 9.17) is 4.74 Å². The summed E-state index contributed by atoms with van der Waals surface area (Å²) in [4.78, 5) is 0. The lowest BCUT2D eigenvalue weighted by atomic mass is 9.66. The molecule has 0 aromatic heterocycles. The fourth-order valence-corrected chi connectivity index (χ4v) is 1.73. The molecule has 1 aliphatic carbocycles. The highest BCUT2D eigenvalue weighted by molar-refractivity contribution is 4.98. The van der Waals surface area contributed by atoms with Crippen LogP contribution < -0.4 is 0 Å². The molecule has 0 amide bonds. The maximum atomic E-state index is 12.4. The third kappa shape index (κ3) is 1.47. The Morgan fingerprint density at radius 1 is 1.33 bits per heavy atom. The summed E-state index contributed by atoms with van der Waals surface area (Å²) in [5.74, 6) is 0.908. The van der Waals surface area contributed by atoms with Crippen LogP contribution in [0.2, 0.25) is 0 Å². The maximum absolute atomic E-state index is 12.4. The van der Waals surface area contributed by atoms with Gasteiger partial charge in [-0.25, -0.2) is 8.78 Å². The second-order valence-electron chi connectivity index (χ2n) is 3.98. The number of methoxy groups -OCH3 is 1. The molecule has 0 heterocycles. The average molecular weight is 178 g/mol. The van der Waals surface area contributed by atoms with Crippen LogP contribution in [0.1, 0.15) is 26.7 Å². The molecule has 0 aliphatic heterocycles. The molecule has 1 rings (SSSR count). The molecule has 0 atom stereocenters. The molecule has 0 unspecified atom stereocenters. The third-order valence-electron chi connectivity index (χ3n) is 2.96. The Kier molecular flexibility index (Phi) is 2.71. The van der Waals surface area contributed by atoms with Crippen molar-refractivity contribution in [3.05, 3.63) is 0 Å². The first-order chi connectivity index (χ1) is 5.52. The zero-order valence-corrected chi connectivity index (χ0v) is 7.81. The van der Waals surface area contributed by atoms with Crippen LogP contribution in [0.25, 0.3) is 0 Å². The zero-order chi connectivity index (χ0) is 9.35. The van der Waals surface area contributed by atoms with Gasteiger partial charge in [0.05, 0.1) is 0 Å². The van der Waals surface area contributed by atoms with Crippen molar-refractivity contribution >= 4 is 0 Å². The fourth-order valence-electron chi connectivity index (χ4n) is 1.73. The highest BCUT2D eigenvalue weighted by atomic mass is 19.3. The molecule has 1 fully saturated rings. The molecule has 1 saturated carbocycles. The molecular formula is C9H16F2O. The van der Waals surface area contributed by atoms with E-state index in [-0.39, 0.29) is 0 Å². The van der Waals surface area contributed by atoms with Crippen LogP contribution in [-0.2, 0) is 4.74 Å². The van der Waals surface area contributed by atoms with Crippen LogP contribution in [-0.4, -0.2) is 19.1 Å². The first-order valence-electron chi connectivity index (χ1n) is 4.35. The summed E-state index contributed by atoms with van der Waals surface area (Å²) in [5, 5.41) is 0. The molecule has 1 nitrogen and oxygen atoms in total. The van der Waals surface area contributed by atoms with Crippen LogP contribution in [0.15, 0.2) is 0 Å². The summed E-state index contributed by atoms with van der Waals surface area (Å²) in [5.41, 5.74) is -1.12. The number of hydrogen-bond donors (Lipinski definition) is 0. The molecule has 0 aromatic carbocycles. The summed E-state index contributed by atoms with van der Waals surface area (Å²) in [7, 11) is 1.38. The molecular weight excluding hydrogens is 162 g/mol. The summed E-state index contributed by atoms with van der Waals surface area (Å²) in [6.07, 6.45) is -1.31. The van der Waals surface area contributed by atoms with Gasteiger partial charge in [-0.05, 0) is 24.7 Å². The molecule has 0 N–H and O–H groups in total. The van der Waals surface area contributed by atoms with Crippen LogP contribution in [0, 0.1) is 11.8 Å². The fraction of sp³-hybridized carbons (Fsp3) is 1.00. The van der Waals surface area contributed by atoms with Crippen molar-refractivity contribution in [2.45, 2.75) is 38.7 Å². The summed E-state index contributed by atoms with van der Waals surface area (Å²) >= 11 is 0. The Hall–Kier alpha value is -0.180. The van der Waals surface area contributed by atoms with Crippen LogP contribution in [0.4, 0.5) is 8.78 Å². The van der Waals surface area contributed by atoms with E-state index in [2.05, 4.69) is 13.8 Å². The lowest BCUT2D eigenvalue weighted by molar-refractivity contribution is -0.194. The minimum absolute atomic E-state index is 0.416. The predicted molar refractivity (Wildman–Crippen MR) is 43.3 cm³/mol. The molecule has 0 aromatic rings. The molecule has 0 saturated heterocycles. The average Bonchev–Trinajstić information content (AvgIpc) is 1.84. The van der Waals surface area contributed by atoms with Gasteiger partial charge in [0.15, 0.2) is 0 Å². The van der Waals surface area contributed by atoms with E-state index in [9.17, 15) is 8.78 Å². The third-order valence-corrected chi connectivity index (χ3v) is 2.96. The highest BCUT2D eigenvalue weighted by Gasteiger charge is 2.52.